The van der Waals surface area contributed by atoms with E-state index in [1.165, 1.54) is 69.8 Å². The molecule has 2 aliphatic carbocycles. The third-order valence-electron chi connectivity index (χ3n) is 6.60. The molecule has 1 amide bonds. The van der Waals surface area contributed by atoms with Crippen LogP contribution in [0.4, 0.5) is 0 Å². The van der Waals surface area contributed by atoms with Crippen molar-refractivity contribution in [2.45, 2.75) is 97.8 Å². The second-order valence-electron chi connectivity index (χ2n) is 8.68. The van der Waals surface area contributed by atoms with Gasteiger partial charge in [0.05, 0.1) is 5.41 Å². The van der Waals surface area contributed by atoms with Crippen LogP contribution < -0.4 is 0 Å². The Bertz CT molecular complexity index is 498. The SMILES string of the molecule is CC=C(C)N(C)C(=O)C(C)(CCC1CCCCC1)CC1=CCCCC1. The molecule has 1 unspecified atom stereocenters. The summed E-state index contributed by atoms with van der Waals surface area (Å²) in [6, 6.07) is 0. The van der Waals surface area contributed by atoms with E-state index in [4.69, 9.17) is 0 Å². The molecule has 2 heteroatoms. The van der Waals surface area contributed by atoms with Crippen LogP contribution in [-0.4, -0.2) is 17.9 Å². The molecule has 0 spiro atoms. The van der Waals surface area contributed by atoms with Gasteiger partial charge in [0.25, 0.3) is 0 Å². The topological polar surface area (TPSA) is 20.3 Å². The Balaban J connectivity index is 2.10. The van der Waals surface area contributed by atoms with Gasteiger partial charge in [-0.25, -0.2) is 0 Å². The predicted octanol–water partition coefficient (Wildman–Crippen LogP) is 6.63. The van der Waals surface area contributed by atoms with Crippen molar-refractivity contribution in [3.8, 4) is 0 Å². The van der Waals surface area contributed by atoms with Crippen LogP contribution in [-0.2, 0) is 4.79 Å². The number of nitrogens with zero attached hydrogens (tertiary/aromatic N) is 1. The van der Waals surface area contributed by atoms with Gasteiger partial charge in [-0.1, -0.05) is 56.8 Å². The van der Waals surface area contributed by atoms with E-state index in [-0.39, 0.29) is 5.41 Å². The van der Waals surface area contributed by atoms with E-state index in [1.54, 1.807) is 0 Å². The minimum atomic E-state index is -0.250. The average Bonchev–Trinajstić information content (AvgIpc) is 2.66. The van der Waals surface area contributed by atoms with E-state index in [2.05, 4.69) is 13.0 Å². The Kier molecular flexibility index (Phi) is 7.78. The third-order valence-corrected chi connectivity index (χ3v) is 6.60. The molecule has 1 saturated carbocycles. The molecule has 2 nitrogen and oxygen atoms in total. The molecular weight excluding hydrogens is 306 g/mol. The second-order valence-corrected chi connectivity index (χ2v) is 8.68. The molecular formula is C23H39NO. The zero-order valence-corrected chi connectivity index (χ0v) is 17.1. The number of amides is 1. The number of allylic oxidation sites excluding steroid dienone is 4. The highest BCUT2D eigenvalue weighted by atomic mass is 16.2. The van der Waals surface area contributed by atoms with E-state index < -0.39 is 0 Å². The van der Waals surface area contributed by atoms with Crippen molar-refractivity contribution in [1.82, 2.24) is 4.90 Å². The quantitative estimate of drug-likeness (QED) is 0.474. The van der Waals surface area contributed by atoms with Crippen LogP contribution in [0.3, 0.4) is 0 Å². The minimum absolute atomic E-state index is 0.250. The smallest absolute Gasteiger partial charge is 0.232 e. The molecule has 1 fully saturated rings. The largest absolute Gasteiger partial charge is 0.319 e. The number of hydrogen-bond donors (Lipinski definition) is 0. The van der Waals surface area contributed by atoms with Gasteiger partial charge in [-0.15, -0.1) is 0 Å². The molecule has 0 aromatic carbocycles. The van der Waals surface area contributed by atoms with E-state index in [9.17, 15) is 4.79 Å². The fourth-order valence-corrected chi connectivity index (χ4v) is 4.59. The molecule has 0 radical (unpaired) electrons. The van der Waals surface area contributed by atoms with Crippen molar-refractivity contribution in [2.75, 3.05) is 7.05 Å². The van der Waals surface area contributed by atoms with Crippen molar-refractivity contribution >= 4 is 5.91 Å². The van der Waals surface area contributed by atoms with E-state index in [0.717, 1.165) is 24.5 Å². The number of carbonyl (C=O) groups is 1. The number of hydrogen-bond acceptors (Lipinski definition) is 1. The number of rotatable bonds is 7. The molecule has 0 aromatic heterocycles. The molecule has 0 heterocycles. The van der Waals surface area contributed by atoms with Crippen LogP contribution in [0.25, 0.3) is 0 Å². The van der Waals surface area contributed by atoms with Gasteiger partial charge in [-0.05, 0) is 64.7 Å². The van der Waals surface area contributed by atoms with Gasteiger partial charge in [-0.2, -0.15) is 0 Å². The van der Waals surface area contributed by atoms with Gasteiger partial charge >= 0.3 is 0 Å². The summed E-state index contributed by atoms with van der Waals surface area (Å²) in [7, 11) is 1.95. The minimum Gasteiger partial charge on any atom is -0.319 e. The summed E-state index contributed by atoms with van der Waals surface area (Å²) in [4.78, 5) is 15.3. The molecule has 0 aromatic rings. The van der Waals surface area contributed by atoms with E-state index in [1.807, 2.05) is 31.9 Å². The van der Waals surface area contributed by atoms with Gasteiger partial charge in [0.1, 0.15) is 0 Å². The molecule has 1 atom stereocenters. The molecule has 0 N–H and O–H groups in total. The Hall–Kier alpha value is -1.05. The molecule has 25 heavy (non-hydrogen) atoms. The fraction of sp³-hybridized carbons (Fsp3) is 0.783. The summed E-state index contributed by atoms with van der Waals surface area (Å²) < 4.78 is 0. The Morgan fingerprint density at radius 2 is 1.96 bits per heavy atom. The maximum atomic E-state index is 13.4. The summed E-state index contributed by atoms with van der Waals surface area (Å²) >= 11 is 0. The Morgan fingerprint density at radius 1 is 1.24 bits per heavy atom. The van der Waals surface area contributed by atoms with Crippen molar-refractivity contribution in [1.29, 1.82) is 0 Å². The lowest BCUT2D eigenvalue weighted by atomic mass is 9.73. The van der Waals surface area contributed by atoms with Crippen LogP contribution in [0.5, 0.6) is 0 Å². The summed E-state index contributed by atoms with van der Waals surface area (Å²) in [6.07, 6.45) is 19.6. The lowest BCUT2D eigenvalue weighted by Gasteiger charge is -2.36. The average molecular weight is 346 g/mol. The second kappa shape index (κ2) is 9.59. The summed E-state index contributed by atoms with van der Waals surface area (Å²) in [5.74, 6) is 1.15. The lowest BCUT2D eigenvalue weighted by Crippen LogP contribution is -2.40. The zero-order chi connectivity index (χ0) is 18.3. The summed E-state index contributed by atoms with van der Waals surface area (Å²) in [5, 5.41) is 0. The fourth-order valence-electron chi connectivity index (χ4n) is 4.59. The third kappa shape index (κ3) is 5.72. The highest BCUT2D eigenvalue weighted by molar-refractivity contribution is 5.84. The standard InChI is InChI=1S/C23H39NO/c1-5-19(2)24(4)22(25)23(3,18-21-14-10-7-11-15-21)17-16-20-12-8-6-9-13-20/h5,14,20H,6-13,15-18H2,1-4H3. The maximum Gasteiger partial charge on any atom is 0.232 e. The first kappa shape index (κ1) is 20.3. The maximum absolute atomic E-state index is 13.4. The normalized spacial score (nSPS) is 22.2. The first-order valence-electron chi connectivity index (χ1n) is 10.6. The van der Waals surface area contributed by atoms with Gasteiger partial charge < -0.3 is 4.90 Å². The van der Waals surface area contributed by atoms with Crippen molar-refractivity contribution in [3.63, 3.8) is 0 Å². The van der Waals surface area contributed by atoms with Crippen LogP contribution in [0.1, 0.15) is 97.8 Å². The summed E-state index contributed by atoms with van der Waals surface area (Å²) in [6.45, 7) is 6.29. The van der Waals surface area contributed by atoms with Gasteiger partial charge in [-0.3, -0.25) is 4.79 Å². The molecule has 142 valence electrons. The Morgan fingerprint density at radius 3 is 2.56 bits per heavy atom. The summed E-state index contributed by atoms with van der Waals surface area (Å²) in [5.41, 5.74) is 2.34. The number of carbonyl (C=O) groups excluding carboxylic acids is 1. The molecule has 2 aliphatic rings. The molecule has 0 saturated heterocycles. The first-order valence-corrected chi connectivity index (χ1v) is 10.6. The van der Waals surface area contributed by atoms with Crippen LogP contribution >= 0.6 is 0 Å². The van der Waals surface area contributed by atoms with Crippen LogP contribution in [0.2, 0.25) is 0 Å². The zero-order valence-electron chi connectivity index (χ0n) is 17.1. The highest BCUT2D eigenvalue weighted by Gasteiger charge is 2.37. The molecule has 0 bridgehead atoms. The van der Waals surface area contributed by atoms with Gasteiger partial charge in [0.2, 0.25) is 5.91 Å². The van der Waals surface area contributed by atoms with Crippen LogP contribution in [0.15, 0.2) is 23.4 Å². The van der Waals surface area contributed by atoms with Gasteiger partial charge in [0.15, 0.2) is 0 Å². The van der Waals surface area contributed by atoms with E-state index in [0.29, 0.717) is 5.91 Å². The van der Waals surface area contributed by atoms with Crippen molar-refractivity contribution in [3.05, 3.63) is 23.4 Å². The first-order chi connectivity index (χ1) is 12.0. The monoisotopic (exact) mass is 345 g/mol. The highest BCUT2D eigenvalue weighted by Crippen LogP contribution is 2.40. The van der Waals surface area contributed by atoms with E-state index >= 15 is 0 Å². The van der Waals surface area contributed by atoms with Gasteiger partial charge in [0, 0.05) is 12.7 Å². The predicted molar refractivity (Wildman–Crippen MR) is 107 cm³/mol. The molecule has 2 rings (SSSR count). The van der Waals surface area contributed by atoms with Crippen molar-refractivity contribution in [2.24, 2.45) is 11.3 Å². The Labute approximate surface area is 155 Å². The van der Waals surface area contributed by atoms with Crippen molar-refractivity contribution < 1.29 is 4.79 Å². The lowest BCUT2D eigenvalue weighted by molar-refractivity contribution is -0.138. The molecule has 0 aliphatic heterocycles. The van der Waals surface area contributed by atoms with Crippen LogP contribution in [0, 0.1) is 11.3 Å².